The summed E-state index contributed by atoms with van der Waals surface area (Å²) in [7, 11) is 1.22. The van der Waals surface area contributed by atoms with Gasteiger partial charge in [0, 0.05) is 6.08 Å². The summed E-state index contributed by atoms with van der Waals surface area (Å²) >= 11 is 0. The van der Waals surface area contributed by atoms with E-state index >= 15 is 0 Å². The first-order chi connectivity index (χ1) is 10.4. The summed E-state index contributed by atoms with van der Waals surface area (Å²) in [5.41, 5.74) is -0.703. The van der Waals surface area contributed by atoms with Crippen molar-refractivity contribution in [3.8, 4) is 11.5 Å². The molecule has 0 amide bonds. The van der Waals surface area contributed by atoms with Crippen LogP contribution >= 0.6 is 0 Å². The van der Waals surface area contributed by atoms with Crippen LogP contribution in [0.15, 0.2) is 21.0 Å². The smallest absolute Gasteiger partial charge is 0.343 e. The van der Waals surface area contributed by atoms with Gasteiger partial charge in [0.15, 0.2) is 22.5 Å². The number of aromatic hydroxyl groups is 1. The molecule has 1 aliphatic rings. The van der Waals surface area contributed by atoms with E-state index in [0.717, 1.165) is 6.07 Å². The molecule has 0 aliphatic carbocycles. The molecule has 0 saturated heterocycles. The molecule has 2 N–H and O–H groups in total. The van der Waals surface area contributed by atoms with E-state index in [-0.39, 0.29) is 34.6 Å². The van der Waals surface area contributed by atoms with E-state index in [1.54, 1.807) is 6.92 Å². The Morgan fingerprint density at radius 2 is 2.14 bits per heavy atom. The van der Waals surface area contributed by atoms with Crippen LogP contribution in [0.5, 0.6) is 11.5 Å². The maximum atomic E-state index is 12.5. The van der Waals surface area contributed by atoms with Crippen molar-refractivity contribution in [2.75, 3.05) is 7.11 Å². The maximum absolute atomic E-state index is 12.5. The molecular weight excluding hydrogens is 292 g/mol. The minimum atomic E-state index is -1.37. The van der Waals surface area contributed by atoms with Crippen LogP contribution in [0.25, 0.3) is 17.0 Å². The topological polar surface area (TPSA) is 106 Å². The number of phenolic OH excluding ortho intramolecular Hbond substituents is 1. The van der Waals surface area contributed by atoms with Crippen molar-refractivity contribution in [1.29, 1.82) is 0 Å². The standard InChI is InChI=1S/C15H12O7/c1-6-3-10-8(5-21-6)12(17)7-4-9(16)14(20-2)11(15(18)19)13(7)22-10/h3-4,16H,5H2,1-2H3,(H,18,19). The largest absolute Gasteiger partial charge is 0.504 e. The molecule has 7 heteroatoms. The van der Waals surface area contributed by atoms with Crippen LogP contribution < -0.4 is 10.2 Å². The Balaban J connectivity index is 2.51. The van der Waals surface area contributed by atoms with Crippen molar-refractivity contribution in [2.24, 2.45) is 0 Å². The fourth-order valence-corrected chi connectivity index (χ4v) is 2.42. The molecule has 2 heterocycles. The SMILES string of the molecule is COc1c(O)cc2c(=O)c3c(oc2c1C(=O)O)C=C(C)OC3. The third kappa shape index (κ3) is 1.90. The third-order valence-electron chi connectivity index (χ3n) is 3.44. The summed E-state index contributed by atoms with van der Waals surface area (Å²) in [6.07, 6.45) is 1.52. The molecule has 1 aliphatic heterocycles. The van der Waals surface area contributed by atoms with Gasteiger partial charge in [-0.05, 0) is 13.0 Å². The molecule has 3 rings (SSSR count). The molecule has 0 radical (unpaired) electrons. The van der Waals surface area contributed by atoms with Gasteiger partial charge in [0.2, 0.25) is 0 Å². The van der Waals surface area contributed by atoms with Gasteiger partial charge in [-0.2, -0.15) is 0 Å². The fourth-order valence-electron chi connectivity index (χ4n) is 2.42. The number of methoxy groups -OCH3 is 1. The second-order valence-corrected chi connectivity index (χ2v) is 4.80. The van der Waals surface area contributed by atoms with Gasteiger partial charge >= 0.3 is 5.97 Å². The first-order valence-electron chi connectivity index (χ1n) is 6.38. The number of rotatable bonds is 2. The second kappa shape index (κ2) is 4.80. The first kappa shape index (κ1) is 14.0. The highest BCUT2D eigenvalue weighted by molar-refractivity contribution is 6.05. The van der Waals surface area contributed by atoms with Gasteiger partial charge in [-0.15, -0.1) is 0 Å². The number of ether oxygens (including phenoxy) is 2. The molecule has 0 unspecified atom stereocenters. The van der Waals surface area contributed by atoms with E-state index in [1.807, 2.05) is 0 Å². The van der Waals surface area contributed by atoms with E-state index in [0.29, 0.717) is 5.76 Å². The van der Waals surface area contributed by atoms with E-state index in [1.165, 1.54) is 13.2 Å². The summed E-state index contributed by atoms with van der Waals surface area (Å²) in [6, 6.07) is 1.14. The van der Waals surface area contributed by atoms with Gasteiger partial charge < -0.3 is 24.1 Å². The molecule has 0 bridgehead atoms. The minimum absolute atomic E-state index is 0.0329. The molecule has 1 aromatic heterocycles. The number of aromatic carboxylic acids is 1. The molecule has 22 heavy (non-hydrogen) atoms. The number of hydrogen-bond acceptors (Lipinski definition) is 6. The van der Waals surface area contributed by atoms with Gasteiger partial charge in [0.05, 0.1) is 23.8 Å². The number of carboxylic acids is 1. The molecule has 0 saturated carbocycles. The Labute approximate surface area is 124 Å². The zero-order valence-electron chi connectivity index (χ0n) is 11.8. The van der Waals surface area contributed by atoms with Crippen molar-refractivity contribution >= 4 is 23.0 Å². The van der Waals surface area contributed by atoms with Gasteiger partial charge in [0.1, 0.15) is 17.9 Å². The Bertz CT molecular complexity index is 889. The molecule has 7 nitrogen and oxygen atoms in total. The normalized spacial score (nSPS) is 13.3. The molecule has 0 atom stereocenters. The minimum Gasteiger partial charge on any atom is -0.504 e. The number of phenols is 1. The molecule has 0 spiro atoms. The Morgan fingerprint density at radius 3 is 2.77 bits per heavy atom. The second-order valence-electron chi connectivity index (χ2n) is 4.80. The number of carboxylic acid groups (broad SMARTS) is 1. The molecule has 1 aromatic carbocycles. The molecular formula is C15H12O7. The third-order valence-corrected chi connectivity index (χ3v) is 3.44. The summed E-state index contributed by atoms with van der Waals surface area (Å²) in [4.78, 5) is 24.0. The maximum Gasteiger partial charge on any atom is 0.343 e. The highest BCUT2D eigenvalue weighted by Crippen LogP contribution is 2.37. The Morgan fingerprint density at radius 1 is 1.41 bits per heavy atom. The van der Waals surface area contributed by atoms with Gasteiger partial charge in [0.25, 0.3) is 0 Å². The zero-order chi connectivity index (χ0) is 16.0. The zero-order valence-corrected chi connectivity index (χ0v) is 11.8. The number of hydrogen-bond donors (Lipinski definition) is 2. The van der Waals surface area contributed by atoms with E-state index in [4.69, 9.17) is 13.9 Å². The lowest BCUT2D eigenvalue weighted by Gasteiger charge is -2.16. The highest BCUT2D eigenvalue weighted by atomic mass is 16.5. The van der Waals surface area contributed by atoms with Gasteiger partial charge in [-0.1, -0.05) is 0 Å². The summed E-state index contributed by atoms with van der Waals surface area (Å²) in [5.74, 6) is -1.26. The van der Waals surface area contributed by atoms with Gasteiger partial charge in [-0.3, -0.25) is 4.79 Å². The monoisotopic (exact) mass is 304 g/mol. The lowest BCUT2D eigenvalue weighted by atomic mass is 10.0. The Kier molecular flexibility index (Phi) is 3.05. The predicted octanol–water partition coefficient (Wildman–Crippen LogP) is 2.10. The highest BCUT2D eigenvalue weighted by Gasteiger charge is 2.26. The van der Waals surface area contributed by atoms with Crippen molar-refractivity contribution in [2.45, 2.75) is 13.5 Å². The summed E-state index contributed by atoms with van der Waals surface area (Å²) < 4.78 is 15.8. The number of fused-ring (bicyclic) bond motifs is 2. The van der Waals surface area contributed by atoms with Crippen LogP contribution in [0.4, 0.5) is 0 Å². The van der Waals surface area contributed by atoms with Crippen LogP contribution in [0.3, 0.4) is 0 Å². The lowest BCUT2D eigenvalue weighted by Crippen LogP contribution is -2.16. The van der Waals surface area contributed by atoms with Crippen LogP contribution in [0, 0.1) is 0 Å². The predicted molar refractivity (Wildman–Crippen MR) is 76.1 cm³/mol. The summed E-state index contributed by atoms with van der Waals surface area (Å²) in [5, 5.41) is 19.2. The van der Waals surface area contributed by atoms with Crippen molar-refractivity contribution in [3.63, 3.8) is 0 Å². The quantitative estimate of drug-likeness (QED) is 0.874. The van der Waals surface area contributed by atoms with Crippen LogP contribution in [-0.4, -0.2) is 23.3 Å². The van der Waals surface area contributed by atoms with E-state index in [2.05, 4.69) is 0 Å². The van der Waals surface area contributed by atoms with E-state index < -0.39 is 22.7 Å². The molecule has 0 fully saturated rings. The van der Waals surface area contributed by atoms with Crippen molar-refractivity contribution < 1.29 is 28.9 Å². The average Bonchev–Trinajstić information content (AvgIpc) is 2.46. The Hall–Kier alpha value is -2.96. The van der Waals surface area contributed by atoms with Crippen molar-refractivity contribution in [1.82, 2.24) is 0 Å². The van der Waals surface area contributed by atoms with Gasteiger partial charge in [-0.25, -0.2) is 4.79 Å². The van der Waals surface area contributed by atoms with Crippen LogP contribution in [0.1, 0.15) is 28.6 Å². The number of carbonyl (C=O) groups is 1. The molecule has 2 aromatic rings. The fraction of sp³-hybridized carbons (Fsp3) is 0.200. The van der Waals surface area contributed by atoms with Crippen molar-refractivity contribution in [3.05, 3.63) is 38.9 Å². The number of allylic oxidation sites excluding steroid dienone is 1. The first-order valence-corrected chi connectivity index (χ1v) is 6.38. The summed E-state index contributed by atoms with van der Waals surface area (Å²) in [6.45, 7) is 1.73. The van der Waals surface area contributed by atoms with E-state index in [9.17, 15) is 19.8 Å². The lowest BCUT2D eigenvalue weighted by molar-refractivity contribution is 0.0693. The van der Waals surface area contributed by atoms with Crippen LogP contribution in [0.2, 0.25) is 0 Å². The number of benzene rings is 1. The molecule has 114 valence electrons. The van der Waals surface area contributed by atoms with Crippen LogP contribution in [-0.2, 0) is 11.3 Å². The average molecular weight is 304 g/mol.